The van der Waals surface area contributed by atoms with Gasteiger partial charge in [0.1, 0.15) is 24.0 Å². The number of sulfonamides is 1. The SMILES string of the molecule is [2H]c1c([2H])c([2H])c(C[C@H](NC(=O)[C@@H](NC(=O)CN(Cc2cccc(F)c2)C(=O)OC(C)(C)C)C(C)(C)C)[C@H](O)CN(CC(C)C)S(=O)(=O)c2ccc([N+](=O)[O-])cc2)c([2H])c1[2H]. The van der Waals surface area contributed by atoms with Gasteiger partial charge >= 0.3 is 6.09 Å². The van der Waals surface area contributed by atoms with Crippen LogP contribution in [-0.4, -0.2) is 89.0 Å². The number of hydrogen-bond donors (Lipinski definition) is 3. The van der Waals surface area contributed by atoms with Crippen molar-refractivity contribution in [2.75, 3.05) is 19.6 Å². The number of nitrogens with zero attached hydrogens (tertiary/aromatic N) is 3. The van der Waals surface area contributed by atoms with E-state index in [9.17, 15) is 42.4 Å². The molecule has 0 fully saturated rings. The van der Waals surface area contributed by atoms with Gasteiger partial charge in [-0.2, -0.15) is 4.31 Å². The zero-order chi connectivity index (χ0) is 46.4. The zero-order valence-electron chi connectivity index (χ0n) is 37.8. The second-order valence-electron chi connectivity index (χ2n) is 15.8. The minimum Gasteiger partial charge on any atom is -0.444 e. The molecule has 3 aromatic rings. The maximum absolute atomic E-state index is 14.3. The van der Waals surface area contributed by atoms with Crippen LogP contribution < -0.4 is 10.6 Å². The first-order chi connectivity index (χ1) is 28.0. The van der Waals surface area contributed by atoms with Crippen molar-refractivity contribution < 1.29 is 48.8 Å². The number of carbonyl (C=O) groups excluding carboxylic acids is 3. The van der Waals surface area contributed by atoms with E-state index in [0.717, 1.165) is 33.5 Å². The average molecular weight is 805 g/mol. The van der Waals surface area contributed by atoms with Gasteiger partial charge < -0.3 is 20.5 Å². The molecule has 0 bridgehead atoms. The topological polar surface area (TPSA) is 188 Å². The van der Waals surface area contributed by atoms with E-state index in [4.69, 9.17) is 11.6 Å². The fourth-order valence-corrected chi connectivity index (χ4v) is 7.09. The number of nitrogens with one attached hydrogen (secondary N) is 2. The van der Waals surface area contributed by atoms with E-state index in [1.54, 1.807) is 61.5 Å². The number of aliphatic hydroxyl groups excluding tert-OH is 1. The minimum atomic E-state index is -4.46. The fourth-order valence-electron chi connectivity index (χ4n) is 5.47. The van der Waals surface area contributed by atoms with Gasteiger partial charge in [0.15, 0.2) is 0 Å². The van der Waals surface area contributed by atoms with Crippen molar-refractivity contribution in [3.8, 4) is 0 Å². The molecular formula is C40H54FN5O9S. The quantitative estimate of drug-likeness (QED) is 0.118. The normalized spacial score (nSPS) is 15.0. The molecule has 0 spiro atoms. The highest BCUT2D eigenvalue weighted by molar-refractivity contribution is 7.89. The molecule has 306 valence electrons. The molecule has 14 nitrogen and oxygen atoms in total. The lowest BCUT2D eigenvalue weighted by Gasteiger charge is -2.35. The van der Waals surface area contributed by atoms with Crippen molar-refractivity contribution in [1.29, 1.82) is 0 Å². The molecule has 3 aromatic carbocycles. The number of rotatable bonds is 17. The first-order valence-electron chi connectivity index (χ1n) is 20.3. The Morgan fingerprint density at radius 1 is 0.964 bits per heavy atom. The van der Waals surface area contributed by atoms with Crippen LogP contribution in [-0.2, 0) is 37.3 Å². The van der Waals surface area contributed by atoms with E-state index in [2.05, 4.69) is 10.6 Å². The lowest BCUT2D eigenvalue weighted by Crippen LogP contribution is -2.59. The number of amides is 3. The second-order valence-corrected chi connectivity index (χ2v) is 17.7. The minimum absolute atomic E-state index is 0.170. The largest absolute Gasteiger partial charge is 0.444 e. The highest BCUT2D eigenvalue weighted by Crippen LogP contribution is 2.24. The van der Waals surface area contributed by atoms with Gasteiger partial charge in [-0.25, -0.2) is 17.6 Å². The number of halogens is 1. The molecule has 56 heavy (non-hydrogen) atoms. The standard InChI is InChI=1S/C40H54FN5O9S/c1-27(2)23-45(56(53,54)32-19-17-31(18-20-32)46(51)52)25-34(47)33(22-28-13-10-9-11-14-28)42-37(49)36(39(3,4)5)43-35(48)26-44(38(50)55-40(6,7)8)24-29-15-12-16-30(41)21-29/h9-21,27,33-34,36,47H,22-26H2,1-8H3,(H,42,49)(H,43,48)/t33-,34+,36+/m0/s1/i9D,10D,11D,13D,14D. The highest BCUT2D eigenvalue weighted by Gasteiger charge is 2.37. The van der Waals surface area contributed by atoms with Gasteiger partial charge in [0, 0.05) is 31.8 Å². The molecule has 3 amide bonds. The van der Waals surface area contributed by atoms with Gasteiger partial charge in [0.2, 0.25) is 21.8 Å². The van der Waals surface area contributed by atoms with Crippen molar-refractivity contribution in [3.63, 3.8) is 0 Å². The summed E-state index contributed by atoms with van der Waals surface area (Å²) in [5.41, 5.74) is -2.36. The van der Waals surface area contributed by atoms with Crippen LogP contribution in [0.4, 0.5) is 14.9 Å². The summed E-state index contributed by atoms with van der Waals surface area (Å²) in [7, 11) is -4.46. The molecule has 0 aliphatic carbocycles. The number of nitro benzene ring substituents is 1. The van der Waals surface area contributed by atoms with E-state index in [1.165, 1.54) is 18.2 Å². The number of nitro groups is 1. The number of non-ortho nitro benzene ring substituents is 1. The molecule has 3 rings (SSSR count). The second kappa shape index (κ2) is 19.3. The molecular weight excluding hydrogens is 746 g/mol. The van der Waals surface area contributed by atoms with Crippen molar-refractivity contribution >= 4 is 33.6 Å². The molecule has 0 aliphatic rings. The summed E-state index contributed by atoms with van der Waals surface area (Å²) in [6, 6.07) is 3.17. The Hall–Kier alpha value is -4.93. The van der Waals surface area contributed by atoms with Gasteiger partial charge in [0.25, 0.3) is 5.69 Å². The first kappa shape index (κ1) is 38.0. The summed E-state index contributed by atoms with van der Waals surface area (Å²) in [6.45, 7) is 11.3. The molecule has 0 saturated carbocycles. The van der Waals surface area contributed by atoms with Crippen LogP contribution in [0.3, 0.4) is 0 Å². The van der Waals surface area contributed by atoms with Crippen LogP contribution in [0.2, 0.25) is 0 Å². The van der Waals surface area contributed by atoms with E-state index in [1.807, 2.05) is 0 Å². The third kappa shape index (κ3) is 14.0. The van der Waals surface area contributed by atoms with E-state index >= 15 is 0 Å². The monoisotopic (exact) mass is 804 g/mol. The van der Waals surface area contributed by atoms with Crippen molar-refractivity contribution in [2.24, 2.45) is 11.3 Å². The first-order valence-corrected chi connectivity index (χ1v) is 19.3. The molecule has 0 aliphatic heterocycles. The number of carbonyl (C=O) groups is 3. The van der Waals surface area contributed by atoms with Crippen LogP contribution in [0.25, 0.3) is 0 Å². The summed E-state index contributed by atoms with van der Waals surface area (Å²) in [6.07, 6.45) is -3.32. The molecule has 0 saturated heterocycles. The third-order valence-electron chi connectivity index (χ3n) is 8.09. The van der Waals surface area contributed by atoms with Gasteiger partial charge in [0.05, 0.1) is 28.8 Å². The number of hydrogen-bond acceptors (Lipinski definition) is 9. The Balaban J connectivity index is 2.05. The van der Waals surface area contributed by atoms with E-state index in [-0.39, 0.29) is 35.2 Å². The average Bonchev–Trinajstić information content (AvgIpc) is 3.14. The Morgan fingerprint density at radius 3 is 2.12 bits per heavy atom. The third-order valence-corrected chi connectivity index (χ3v) is 9.94. The fraction of sp³-hybridized carbons (Fsp3) is 0.475. The number of ether oxygens (including phenoxy) is 1. The molecule has 3 atom stereocenters. The van der Waals surface area contributed by atoms with Crippen LogP contribution in [0.15, 0.2) is 83.6 Å². The predicted molar refractivity (Wildman–Crippen MR) is 209 cm³/mol. The molecule has 0 unspecified atom stereocenters. The van der Waals surface area contributed by atoms with Gasteiger partial charge in [-0.3, -0.25) is 24.6 Å². The Bertz CT molecular complexity index is 2170. The Labute approximate surface area is 335 Å². The predicted octanol–water partition coefficient (Wildman–Crippen LogP) is 5.44. The van der Waals surface area contributed by atoms with Gasteiger partial charge in [-0.1, -0.05) is 77.0 Å². The number of benzene rings is 3. The van der Waals surface area contributed by atoms with Crippen molar-refractivity contribution in [3.05, 3.63) is 106 Å². The summed E-state index contributed by atoms with van der Waals surface area (Å²) in [5.74, 6) is -2.65. The maximum atomic E-state index is 14.3. The van der Waals surface area contributed by atoms with Crippen molar-refractivity contribution in [1.82, 2.24) is 19.8 Å². The van der Waals surface area contributed by atoms with E-state index < -0.39 is 118 Å². The summed E-state index contributed by atoms with van der Waals surface area (Å²) in [5, 5.41) is 28.3. The van der Waals surface area contributed by atoms with Gasteiger partial charge in [-0.05, 0) is 73.9 Å². The lowest BCUT2D eigenvalue weighted by molar-refractivity contribution is -0.384. The highest BCUT2D eigenvalue weighted by atomic mass is 32.2. The number of aliphatic hydroxyl groups is 1. The van der Waals surface area contributed by atoms with Crippen LogP contribution in [0, 0.1) is 27.3 Å². The van der Waals surface area contributed by atoms with Crippen LogP contribution >= 0.6 is 0 Å². The maximum Gasteiger partial charge on any atom is 0.411 e. The summed E-state index contributed by atoms with van der Waals surface area (Å²) >= 11 is 0. The Morgan fingerprint density at radius 2 is 1.59 bits per heavy atom. The molecule has 3 N–H and O–H groups in total. The van der Waals surface area contributed by atoms with Gasteiger partial charge in [-0.15, -0.1) is 0 Å². The molecule has 0 aromatic heterocycles. The van der Waals surface area contributed by atoms with Crippen LogP contribution in [0.1, 0.15) is 73.4 Å². The smallest absolute Gasteiger partial charge is 0.411 e. The molecule has 16 heteroatoms. The lowest BCUT2D eigenvalue weighted by atomic mass is 9.85. The van der Waals surface area contributed by atoms with Crippen molar-refractivity contribution in [2.45, 2.75) is 97.0 Å². The van der Waals surface area contributed by atoms with E-state index in [0.29, 0.717) is 5.56 Å². The zero-order valence-corrected chi connectivity index (χ0v) is 33.6. The molecule has 0 radical (unpaired) electrons. The van der Waals surface area contributed by atoms with Crippen LogP contribution in [0.5, 0.6) is 0 Å². The summed E-state index contributed by atoms with van der Waals surface area (Å²) in [4.78, 5) is 52.5. The molecule has 0 heterocycles. The Kier molecular flexibility index (Phi) is 13.1. The summed E-state index contributed by atoms with van der Waals surface area (Å²) < 4.78 is 89.8.